The molecule has 4 N–H and O–H groups in total. The molecule has 1 aromatic heterocycles. The molecule has 1 saturated carbocycles. The van der Waals surface area contributed by atoms with Crippen LogP contribution in [0, 0.1) is 16.7 Å². The van der Waals surface area contributed by atoms with Gasteiger partial charge in [-0.15, -0.1) is 11.8 Å². The van der Waals surface area contributed by atoms with E-state index in [1.54, 1.807) is 6.20 Å². The van der Waals surface area contributed by atoms with Gasteiger partial charge in [0.25, 0.3) is 5.56 Å². The van der Waals surface area contributed by atoms with Crippen LogP contribution in [0.15, 0.2) is 41.3 Å². The normalized spacial score (nSPS) is 13.8. The molecule has 1 amide bonds. The largest absolute Gasteiger partial charge is 0.360 e. The first-order valence-corrected chi connectivity index (χ1v) is 13.2. The van der Waals surface area contributed by atoms with Gasteiger partial charge in [0.2, 0.25) is 5.91 Å². The van der Waals surface area contributed by atoms with Crippen LogP contribution in [-0.4, -0.2) is 51.5 Å². The highest BCUT2D eigenvalue weighted by Gasteiger charge is 2.38. The molecule has 1 unspecified atom stereocenters. The number of anilines is 1. The highest BCUT2D eigenvalue weighted by atomic mass is 32.2. The summed E-state index contributed by atoms with van der Waals surface area (Å²) < 4.78 is 1.42. The van der Waals surface area contributed by atoms with Crippen LogP contribution >= 0.6 is 11.8 Å². The molecule has 36 heavy (non-hydrogen) atoms. The van der Waals surface area contributed by atoms with Gasteiger partial charge in [0.1, 0.15) is 6.04 Å². The first-order chi connectivity index (χ1) is 17.2. The van der Waals surface area contributed by atoms with E-state index in [4.69, 9.17) is 10.8 Å². The molecule has 1 atom stereocenters. The molecule has 2 aromatic rings. The van der Waals surface area contributed by atoms with Gasteiger partial charge in [-0.3, -0.25) is 19.0 Å². The van der Waals surface area contributed by atoms with Crippen molar-refractivity contribution in [2.24, 2.45) is 5.92 Å². The molecule has 1 heterocycles. The zero-order chi connectivity index (χ0) is 26.2. The summed E-state index contributed by atoms with van der Waals surface area (Å²) in [6.45, 7) is 5.32. The van der Waals surface area contributed by atoms with E-state index < -0.39 is 11.6 Å². The maximum atomic E-state index is 13.3. The van der Waals surface area contributed by atoms with Crippen molar-refractivity contribution in [2.75, 3.05) is 24.2 Å². The van der Waals surface area contributed by atoms with Crippen molar-refractivity contribution in [3.63, 3.8) is 0 Å². The first kappa shape index (κ1) is 27.3. The molecule has 1 fully saturated rings. The van der Waals surface area contributed by atoms with E-state index in [2.05, 4.69) is 15.6 Å². The summed E-state index contributed by atoms with van der Waals surface area (Å²) in [5.74, 6) is 0.666. The third-order valence-corrected chi connectivity index (χ3v) is 6.96. The summed E-state index contributed by atoms with van der Waals surface area (Å²) in [7, 11) is 0. The Labute approximate surface area is 215 Å². The van der Waals surface area contributed by atoms with E-state index in [-0.39, 0.29) is 53.9 Å². The predicted octanol–water partition coefficient (Wildman–Crippen LogP) is 3.41. The maximum absolute atomic E-state index is 13.3. The van der Waals surface area contributed by atoms with Gasteiger partial charge in [-0.25, -0.2) is 4.98 Å². The van der Waals surface area contributed by atoms with Crippen LogP contribution in [0.25, 0.3) is 0 Å². The highest BCUT2D eigenvalue weighted by Crippen LogP contribution is 2.39. The fourth-order valence-corrected chi connectivity index (χ4v) is 4.47. The van der Waals surface area contributed by atoms with Gasteiger partial charge >= 0.3 is 0 Å². The molecule has 0 saturated heterocycles. The zero-order valence-corrected chi connectivity index (χ0v) is 21.8. The van der Waals surface area contributed by atoms with Gasteiger partial charge in [-0.05, 0) is 37.2 Å². The Bertz CT molecular complexity index is 1170. The number of nitrogens with one attached hydrogen (secondary N) is 4. The van der Waals surface area contributed by atoms with E-state index in [1.165, 1.54) is 23.3 Å². The van der Waals surface area contributed by atoms with Crippen molar-refractivity contribution >= 4 is 40.7 Å². The van der Waals surface area contributed by atoms with Crippen LogP contribution in [0.2, 0.25) is 0 Å². The smallest absolute Gasteiger partial charge is 0.294 e. The third-order valence-electron chi connectivity index (χ3n) is 5.90. The molecule has 0 radical (unpaired) electrons. The number of rotatable bonds is 14. The average Bonchev–Trinajstić information content (AvgIpc) is 3.68. The average molecular weight is 511 g/mol. The minimum absolute atomic E-state index is 0.00539. The molecule has 1 aliphatic rings. The Morgan fingerprint density at radius 3 is 2.47 bits per heavy atom. The van der Waals surface area contributed by atoms with Gasteiger partial charge in [0, 0.05) is 11.9 Å². The Morgan fingerprint density at radius 2 is 1.86 bits per heavy atom. The summed E-state index contributed by atoms with van der Waals surface area (Å²) in [4.78, 5) is 43.3. The van der Waals surface area contributed by atoms with Crippen molar-refractivity contribution in [2.45, 2.75) is 51.3 Å². The minimum Gasteiger partial charge on any atom is -0.360 e. The number of hydrogen-bond donors (Lipinski definition) is 4. The lowest BCUT2D eigenvalue weighted by Crippen LogP contribution is -2.41. The summed E-state index contributed by atoms with van der Waals surface area (Å²) in [5.41, 5.74) is 1.48. The number of nitrogens with zero attached hydrogens (tertiary/aromatic N) is 2. The van der Waals surface area contributed by atoms with Crippen molar-refractivity contribution in [3.8, 4) is 0 Å². The van der Waals surface area contributed by atoms with Gasteiger partial charge in [-0.2, -0.15) is 0 Å². The molecule has 0 bridgehead atoms. The molecule has 3 rings (SSSR count). The van der Waals surface area contributed by atoms with E-state index in [0.29, 0.717) is 11.4 Å². The Hall–Kier alpha value is -3.27. The van der Waals surface area contributed by atoms with Crippen LogP contribution in [0.3, 0.4) is 0 Å². The molecule has 0 aliphatic heterocycles. The fourth-order valence-electron chi connectivity index (χ4n) is 3.61. The number of benzene rings is 1. The number of aromatic nitrogens is 2. The quantitative estimate of drug-likeness (QED) is 0.287. The monoisotopic (exact) mass is 510 g/mol. The molecule has 1 aromatic carbocycles. The highest BCUT2D eigenvalue weighted by molar-refractivity contribution is 7.99. The maximum Gasteiger partial charge on any atom is 0.294 e. The van der Waals surface area contributed by atoms with Gasteiger partial charge in [-0.1, -0.05) is 44.2 Å². The molecule has 1 aliphatic carbocycles. The second kappa shape index (κ2) is 12.6. The van der Waals surface area contributed by atoms with Crippen LogP contribution in [0.4, 0.5) is 5.82 Å². The van der Waals surface area contributed by atoms with Gasteiger partial charge < -0.3 is 21.5 Å². The minimum atomic E-state index is -0.729. The number of ketones is 1. The number of amides is 1. The zero-order valence-electron chi connectivity index (χ0n) is 21.0. The number of hydrogen-bond acceptors (Lipinski definition) is 8. The van der Waals surface area contributed by atoms with E-state index in [1.807, 2.05) is 44.2 Å². The molecule has 0 spiro atoms. The Kier molecular flexibility index (Phi) is 9.58. The molecular formula is C26H34N6O3S. The van der Waals surface area contributed by atoms with Crippen LogP contribution < -0.4 is 16.2 Å². The Morgan fingerprint density at radius 1 is 1.17 bits per heavy atom. The molecule has 9 nitrogen and oxygen atoms in total. The molecular weight excluding hydrogens is 476 g/mol. The van der Waals surface area contributed by atoms with Crippen molar-refractivity contribution in [1.82, 2.24) is 14.9 Å². The fraction of sp³-hybridized carbons (Fsp3) is 0.462. The third kappa shape index (κ3) is 7.61. The van der Waals surface area contributed by atoms with E-state index >= 15 is 0 Å². The van der Waals surface area contributed by atoms with Gasteiger partial charge in [0.15, 0.2) is 11.6 Å². The van der Waals surface area contributed by atoms with E-state index in [9.17, 15) is 14.4 Å². The van der Waals surface area contributed by atoms with Crippen molar-refractivity contribution in [1.29, 1.82) is 10.8 Å². The van der Waals surface area contributed by atoms with Crippen molar-refractivity contribution < 1.29 is 9.59 Å². The predicted molar refractivity (Wildman–Crippen MR) is 145 cm³/mol. The molecule has 192 valence electrons. The standard InChI is InChI=1S/C26H34N6O3S/c1-16(2)22-13-32(26(35)24(31-22)29-12-21(28)17(3)27)23(19-9-10-19)25(34)30-11-20(33)15-36-14-18-7-5-4-6-8-18/h4-8,13,16,19,23,27-28H,9-12,14-15H2,1-3H3,(H,29,31)(H,30,34). The second-order valence-corrected chi connectivity index (χ2v) is 10.3. The lowest BCUT2D eigenvalue weighted by Gasteiger charge is -2.21. The van der Waals surface area contributed by atoms with Gasteiger partial charge in [0.05, 0.1) is 36.0 Å². The van der Waals surface area contributed by atoms with Crippen LogP contribution in [0.5, 0.6) is 0 Å². The summed E-state index contributed by atoms with van der Waals surface area (Å²) in [6, 6.07) is 9.16. The van der Waals surface area contributed by atoms with E-state index in [0.717, 1.165) is 24.2 Å². The molecule has 10 heteroatoms. The topological polar surface area (TPSA) is 141 Å². The number of carbonyl (C=O) groups excluding carboxylic acids is 2. The van der Waals surface area contributed by atoms with Crippen LogP contribution in [0.1, 0.15) is 56.8 Å². The van der Waals surface area contributed by atoms with Crippen molar-refractivity contribution in [3.05, 3.63) is 58.1 Å². The Balaban J connectivity index is 1.69. The van der Waals surface area contributed by atoms with Crippen LogP contribution in [-0.2, 0) is 15.3 Å². The number of thioether (sulfide) groups is 1. The summed E-state index contributed by atoms with van der Waals surface area (Å²) >= 11 is 1.50. The lowest BCUT2D eigenvalue weighted by atomic mass is 10.1. The summed E-state index contributed by atoms with van der Waals surface area (Å²) in [6.07, 6.45) is 3.28. The lowest BCUT2D eigenvalue weighted by molar-refractivity contribution is -0.127. The summed E-state index contributed by atoms with van der Waals surface area (Å²) in [5, 5.41) is 21.1. The first-order valence-electron chi connectivity index (χ1n) is 12.1. The number of Topliss-reactive ketones (excluding diaryl/α,β-unsaturated/α-hetero) is 1. The SMILES string of the molecule is CC(=N)C(=N)CNc1nc(C(C)C)cn(C(C(=O)NCC(=O)CSCc2ccccc2)C2CC2)c1=O. The number of carbonyl (C=O) groups is 2. The second-order valence-electron chi connectivity index (χ2n) is 9.36.